The van der Waals surface area contributed by atoms with Crippen molar-refractivity contribution < 1.29 is 9.59 Å². The number of carbonyl (C=O) groups excluding carboxylic acids is 2. The summed E-state index contributed by atoms with van der Waals surface area (Å²) < 4.78 is 0. The molecule has 2 fully saturated rings. The molecule has 26 heavy (non-hydrogen) atoms. The van der Waals surface area contributed by atoms with Gasteiger partial charge in [0.2, 0.25) is 11.8 Å². The molecule has 0 N–H and O–H groups in total. The highest BCUT2D eigenvalue weighted by Crippen LogP contribution is 2.25. The van der Waals surface area contributed by atoms with Gasteiger partial charge in [-0.3, -0.25) is 9.59 Å². The number of hydrogen-bond acceptors (Lipinski definition) is 3. The highest BCUT2D eigenvalue weighted by atomic mass is 16.2. The van der Waals surface area contributed by atoms with Crippen LogP contribution in [0.2, 0.25) is 0 Å². The number of hydrogen-bond donors (Lipinski definition) is 0. The van der Waals surface area contributed by atoms with Crippen molar-refractivity contribution >= 4 is 23.2 Å². The van der Waals surface area contributed by atoms with Gasteiger partial charge in [0.25, 0.3) is 0 Å². The summed E-state index contributed by atoms with van der Waals surface area (Å²) in [4.78, 5) is 30.4. The van der Waals surface area contributed by atoms with Crippen LogP contribution in [0.3, 0.4) is 0 Å². The summed E-state index contributed by atoms with van der Waals surface area (Å²) in [5, 5.41) is 0. The number of piperidine rings is 1. The Balaban J connectivity index is 1.60. The van der Waals surface area contributed by atoms with Crippen LogP contribution in [0.1, 0.15) is 46.0 Å². The molecule has 2 heterocycles. The Morgan fingerprint density at radius 1 is 1.04 bits per heavy atom. The predicted octanol–water partition coefficient (Wildman–Crippen LogP) is 3.29. The van der Waals surface area contributed by atoms with Crippen LogP contribution in [0.4, 0.5) is 11.4 Å². The quantitative estimate of drug-likeness (QED) is 0.812. The minimum Gasteiger partial charge on any atom is -0.372 e. The van der Waals surface area contributed by atoms with E-state index in [0.29, 0.717) is 13.0 Å². The van der Waals surface area contributed by atoms with E-state index in [-0.39, 0.29) is 11.8 Å². The third-order valence-corrected chi connectivity index (χ3v) is 5.70. The lowest BCUT2D eigenvalue weighted by Gasteiger charge is -2.32. The summed E-state index contributed by atoms with van der Waals surface area (Å²) in [7, 11) is 0. The maximum absolute atomic E-state index is 12.3. The lowest BCUT2D eigenvalue weighted by molar-refractivity contribution is -0.129. The first-order valence-corrected chi connectivity index (χ1v) is 9.95. The molecule has 1 aromatic carbocycles. The fraction of sp³-hybridized carbons (Fsp3) is 0.619. The summed E-state index contributed by atoms with van der Waals surface area (Å²) >= 11 is 0. The molecule has 0 saturated carbocycles. The maximum atomic E-state index is 12.3. The molecule has 2 amide bonds. The Kier molecular flexibility index (Phi) is 6.17. The maximum Gasteiger partial charge on any atom is 0.224 e. The van der Waals surface area contributed by atoms with Gasteiger partial charge in [-0.1, -0.05) is 6.92 Å². The average Bonchev–Trinajstić information content (AvgIpc) is 3.17. The van der Waals surface area contributed by atoms with Crippen LogP contribution in [0, 0.1) is 5.92 Å². The summed E-state index contributed by atoms with van der Waals surface area (Å²) in [6, 6.07) is 8.22. The largest absolute Gasteiger partial charge is 0.372 e. The number of carbonyl (C=O) groups is 2. The summed E-state index contributed by atoms with van der Waals surface area (Å²) in [6.45, 7) is 8.26. The molecule has 0 unspecified atom stereocenters. The van der Waals surface area contributed by atoms with Gasteiger partial charge in [0.1, 0.15) is 0 Å². The number of anilines is 2. The van der Waals surface area contributed by atoms with E-state index in [0.717, 1.165) is 50.6 Å². The van der Waals surface area contributed by atoms with Crippen molar-refractivity contribution in [2.45, 2.75) is 46.0 Å². The van der Waals surface area contributed by atoms with Crippen LogP contribution in [-0.2, 0) is 9.59 Å². The molecule has 0 bridgehead atoms. The highest BCUT2D eigenvalue weighted by Gasteiger charge is 2.21. The molecule has 0 radical (unpaired) electrons. The molecule has 5 heteroatoms. The third-order valence-electron chi connectivity index (χ3n) is 5.70. The number of nitrogens with zero attached hydrogens (tertiary/aromatic N) is 3. The van der Waals surface area contributed by atoms with E-state index in [4.69, 9.17) is 0 Å². The normalized spacial score (nSPS) is 18.2. The molecule has 142 valence electrons. The van der Waals surface area contributed by atoms with Crippen molar-refractivity contribution in [3.63, 3.8) is 0 Å². The highest BCUT2D eigenvalue weighted by molar-refractivity contribution is 5.92. The zero-order valence-corrected chi connectivity index (χ0v) is 16.1. The molecule has 1 aromatic rings. The van der Waals surface area contributed by atoms with Gasteiger partial charge in [-0.2, -0.15) is 0 Å². The lowest BCUT2D eigenvalue weighted by atomic mass is 9.99. The molecule has 2 saturated heterocycles. The summed E-state index contributed by atoms with van der Waals surface area (Å²) in [5.74, 6) is 0.957. The molecule has 0 spiro atoms. The van der Waals surface area contributed by atoms with Crippen LogP contribution in [-0.4, -0.2) is 49.4 Å². The average molecular weight is 357 g/mol. The zero-order valence-electron chi connectivity index (χ0n) is 16.1. The molecule has 2 aliphatic rings. The van der Waals surface area contributed by atoms with Crippen molar-refractivity contribution in [3.05, 3.63) is 24.3 Å². The van der Waals surface area contributed by atoms with E-state index in [1.54, 1.807) is 11.8 Å². The van der Waals surface area contributed by atoms with E-state index < -0.39 is 0 Å². The smallest absolute Gasteiger partial charge is 0.224 e. The van der Waals surface area contributed by atoms with E-state index in [9.17, 15) is 9.59 Å². The number of likely N-dealkylation sites (tertiary alicyclic amines) is 1. The fourth-order valence-electron chi connectivity index (χ4n) is 3.91. The van der Waals surface area contributed by atoms with Gasteiger partial charge in [0.15, 0.2) is 0 Å². The zero-order chi connectivity index (χ0) is 18.5. The monoisotopic (exact) mass is 357 g/mol. The van der Waals surface area contributed by atoms with E-state index in [1.165, 1.54) is 18.5 Å². The molecular weight excluding hydrogens is 326 g/mol. The molecule has 0 aromatic heterocycles. The van der Waals surface area contributed by atoms with Gasteiger partial charge in [-0.15, -0.1) is 0 Å². The Bertz CT molecular complexity index is 615. The van der Waals surface area contributed by atoms with E-state index in [2.05, 4.69) is 24.0 Å². The van der Waals surface area contributed by atoms with Gasteiger partial charge >= 0.3 is 0 Å². The van der Waals surface area contributed by atoms with Crippen LogP contribution >= 0.6 is 0 Å². The second kappa shape index (κ2) is 8.56. The van der Waals surface area contributed by atoms with Crippen LogP contribution in [0.15, 0.2) is 24.3 Å². The van der Waals surface area contributed by atoms with Gasteiger partial charge in [0, 0.05) is 57.4 Å². The number of amides is 2. The molecule has 0 atom stereocenters. The van der Waals surface area contributed by atoms with Crippen molar-refractivity contribution in [3.8, 4) is 0 Å². The van der Waals surface area contributed by atoms with Crippen LogP contribution in [0.5, 0.6) is 0 Å². The topological polar surface area (TPSA) is 43.9 Å². The Morgan fingerprint density at radius 3 is 2.23 bits per heavy atom. The predicted molar refractivity (Wildman–Crippen MR) is 106 cm³/mol. The minimum atomic E-state index is -0.0150. The second-order valence-corrected chi connectivity index (χ2v) is 7.69. The minimum absolute atomic E-state index is 0.0150. The lowest BCUT2D eigenvalue weighted by Crippen LogP contribution is -2.35. The van der Waals surface area contributed by atoms with Gasteiger partial charge in [0.05, 0.1) is 0 Å². The Labute approximate surface area is 156 Å². The van der Waals surface area contributed by atoms with Gasteiger partial charge in [-0.05, 0) is 55.9 Å². The van der Waals surface area contributed by atoms with Crippen LogP contribution in [0.25, 0.3) is 0 Å². The fourth-order valence-corrected chi connectivity index (χ4v) is 3.91. The van der Waals surface area contributed by atoms with Crippen molar-refractivity contribution in [2.75, 3.05) is 42.5 Å². The third kappa shape index (κ3) is 4.57. The molecule has 2 aliphatic heterocycles. The van der Waals surface area contributed by atoms with Crippen LogP contribution < -0.4 is 9.80 Å². The number of benzene rings is 1. The first kappa shape index (κ1) is 18.7. The van der Waals surface area contributed by atoms with Crippen molar-refractivity contribution in [2.24, 2.45) is 5.92 Å². The summed E-state index contributed by atoms with van der Waals surface area (Å²) in [6.07, 6.45) is 5.06. The van der Waals surface area contributed by atoms with Crippen molar-refractivity contribution in [1.29, 1.82) is 0 Å². The second-order valence-electron chi connectivity index (χ2n) is 7.69. The number of rotatable bonds is 5. The van der Waals surface area contributed by atoms with E-state index >= 15 is 0 Å². The van der Waals surface area contributed by atoms with Crippen molar-refractivity contribution in [1.82, 2.24) is 4.90 Å². The van der Waals surface area contributed by atoms with Gasteiger partial charge < -0.3 is 14.7 Å². The molecular formula is C21H31N3O2. The molecule has 0 aliphatic carbocycles. The standard InChI is InChI=1S/C21H31N3O2/c1-17-9-14-22(15-10-17)19-5-7-20(8-6-19)24(18(2)25)16-11-21(26)23-12-3-4-13-23/h5-8,17H,3-4,9-16H2,1-2H3. The molecule has 3 rings (SSSR count). The molecule has 5 nitrogen and oxygen atoms in total. The first-order chi connectivity index (χ1) is 12.5. The Morgan fingerprint density at radius 2 is 1.65 bits per heavy atom. The van der Waals surface area contributed by atoms with Gasteiger partial charge in [-0.25, -0.2) is 0 Å². The summed E-state index contributed by atoms with van der Waals surface area (Å²) in [5.41, 5.74) is 2.10. The Hall–Kier alpha value is -2.04. The first-order valence-electron chi connectivity index (χ1n) is 9.95. The SMILES string of the molecule is CC(=O)N(CCC(=O)N1CCCC1)c1ccc(N2CCC(C)CC2)cc1. The van der Waals surface area contributed by atoms with E-state index in [1.807, 2.05) is 17.0 Å².